The maximum atomic E-state index is 11.9. The molecule has 0 spiro atoms. The van der Waals surface area contributed by atoms with Crippen molar-refractivity contribution >= 4 is 11.6 Å². The summed E-state index contributed by atoms with van der Waals surface area (Å²) in [7, 11) is 0. The lowest BCUT2D eigenvalue weighted by Gasteiger charge is -2.07. The first-order chi connectivity index (χ1) is 12.2. The van der Waals surface area contributed by atoms with Crippen LogP contribution in [0.4, 0.5) is 0 Å². The van der Waals surface area contributed by atoms with Gasteiger partial charge in [-0.05, 0) is 43.2 Å². The average Bonchev–Trinajstić information content (AvgIpc) is 3.02. The summed E-state index contributed by atoms with van der Waals surface area (Å²) in [4.78, 5) is 11.9. The molecule has 0 atom stereocenters. The Hall–Kier alpha value is -2.89. The summed E-state index contributed by atoms with van der Waals surface area (Å²) in [5.41, 5.74) is 1.98. The van der Waals surface area contributed by atoms with Gasteiger partial charge in [0.2, 0.25) is 5.91 Å². The monoisotopic (exact) mass is 338 g/mol. The van der Waals surface area contributed by atoms with Crippen molar-refractivity contribution < 1.29 is 9.53 Å². The van der Waals surface area contributed by atoms with Gasteiger partial charge >= 0.3 is 0 Å². The van der Waals surface area contributed by atoms with Crippen molar-refractivity contribution in [3.05, 3.63) is 60.0 Å². The first-order valence-corrected chi connectivity index (χ1v) is 8.47. The SMILES string of the molecule is Cc1cccc(OCCCC(=O)NCCc2nnc3ccccn23)c1. The number of aryl methyl sites for hydroxylation is 1. The smallest absolute Gasteiger partial charge is 0.220 e. The van der Waals surface area contributed by atoms with Gasteiger partial charge in [-0.1, -0.05) is 18.2 Å². The van der Waals surface area contributed by atoms with Crippen LogP contribution in [0.2, 0.25) is 0 Å². The highest BCUT2D eigenvalue weighted by Crippen LogP contribution is 2.12. The van der Waals surface area contributed by atoms with E-state index in [1.165, 1.54) is 0 Å². The first kappa shape index (κ1) is 17.0. The molecule has 3 aromatic rings. The quantitative estimate of drug-likeness (QED) is 0.641. The Morgan fingerprint density at radius 3 is 3.00 bits per heavy atom. The van der Waals surface area contributed by atoms with Crippen molar-refractivity contribution in [3.8, 4) is 5.75 Å². The van der Waals surface area contributed by atoms with Crippen LogP contribution in [0.25, 0.3) is 5.65 Å². The average molecular weight is 338 g/mol. The van der Waals surface area contributed by atoms with E-state index in [0.717, 1.165) is 22.8 Å². The lowest BCUT2D eigenvalue weighted by atomic mass is 10.2. The second-order valence-electron chi connectivity index (χ2n) is 5.91. The van der Waals surface area contributed by atoms with Gasteiger partial charge in [-0.3, -0.25) is 9.20 Å². The highest BCUT2D eigenvalue weighted by molar-refractivity contribution is 5.75. The van der Waals surface area contributed by atoms with Crippen LogP contribution in [0.1, 0.15) is 24.2 Å². The highest BCUT2D eigenvalue weighted by Gasteiger charge is 2.06. The predicted octanol–water partition coefficient (Wildman–Crippen LogP) is 2.56. The van der Waals surface area contributed by atoms with E-state index in [9.17, 15) is 4.79 Å². The molecular weight excluding hydrogens is 316 g/mol. The number of carbonyl (C=O) groups excluding carboxylic acids is 1. The third kappa shape index (κ3) is 4.79. The Balaban J connectivity index is 1.34. The van der Waals surface area contributed by atoms with Gasteiger partial charge in [0.05, 0.1) is 6.61 Å². The molecule has 1 amide bonds. The van der Waals surface area contributed by atoms with E-state index in [1.807, 2.05) is 60.0 Å². The summed E-state index contributed by atoms with van der Waals surface area (Å²) < 4.78 is 7.58. The fraction of sp³-hybridized carbons (Fsp3) is 0.316. The van der Waals surface area contributed by atoms with E-state index in [0.29, 0.717) is 32.4 Å². The zero-order chi connectivity index (χ0) is 17.5. The Morgan fingerprint density at radius 2 is 2.12 bits per heavy atom. The number of nitrogens with one attached hydrogen (secondary N) is 1. The second kappa shape index (κ2) is 8.28. The molecule has 0 bridgehead atoms. The highest BCUT2D eigenvalue weighted by atomic mass is 16.5. The molecule has 3 rings (SSSR count). The number of fused-ring (bicyclic) bond motifs is 1. The fourth-order valence-corrected chi connectivity index (χ4v) is 2.59. The number of carbonyl (C=O) groups is 1. The number of hydrogen-bond acceptors (Lipinski definition) is 4. The Kier molecular flexibility index (Phi) is 5.61. The second-order valence-corrected chi connectivity index (χ2v) is 5.91. The molecule has 130 valence electrons. The van der Waals surface area contributed by atoms with Gasteiger partial charge < -0.3 is 10.1 Å². The Morgan fingerprint density at radius 1 is 1.20 bits per heavy atom. The van der Waals surface area contributed by atoms with Gasteiger partial charge in [-0.2, -0.15) is 0 Å². The summed E-state index contributed by atoms with van der Waals surface area (Å²) in [6.45, 7) is 3.11. The number of hydrogen-bond donors (Lipinski definition) is 1. The summed E-state index contributed by atoms with van der Waals surface area (Å²) in [6.07, 6.45) is 3.71. The van der Waals surface area contributed by atoms with Gasteiger partial charge in [0.15, 0.2) is 5.65 Å². The van der Waals surface area contributed by atoms with E-state index in [1.54, 1.807) is 0 Å². The third-order valence-corrected chi connectivity index (χ3v) is 3.86. The zero-order valence-electron chi connectivity index (χ0n) is 14.3. The summed E-state index contributed by atoms with van der Waals surface area (Å²) >= 11 is 0. The predicted molar refractivity (Wildman–Crippen MR) is 95.6 cm³/mol. The molecular formula is C19H22N4O2. The van der Waals surface area contributed by atoms with Gasteiger partial charge in [0.25, 0.3) is 0 Å². The van der Waals surface area contributed by atoms with Crippen LogP contribution in [-0.2, 0) is 11.2 Å². The maximum Gasteiger partial charge on any atom is 0.220 e. The number of rotatable bonds is 8. The van der Waals surface area contributed by atoms with Crippen LogP contribution in [0.15, 0.2) is 48.7 Å². The van der Waals surface area contributed by atoms with Gasteiger partial charge in [0.1, 0.15) is 11.6 Å². The molecule has 1 N–H and O–H groups in total. The van der Waals surface area contributed by atoms with Gasteiger partial charge in [0, 0.05) is 25.6 Å². The van der Waals surface area contributed by atoms with Gasteiger partial charge in [-0.15, -0.1) is 10.2 Å². The van der Waals surface area contributed by atoms with Crippen molar-refractivity contribution in [1.82, 2.24) is 19.9 Å². The summed E-state index contributed by atoms with van der Waals surface area (Å²) in [5.74, 6) is 1.72. The molecule has 6 nitrogen and oxygen atoms in total. The van der Waals surface area contributed by atoms with Crippen LogP contribution >= 0.6 is 0 Å². The number of amides is 1. The minimum atomic E-state index is 0.0293. The van der Waals surface area contributed by atoms with Crippen LogP contribution in [0.5, 0.6) is 5.75 Å². The van der Waals surface area contributed by atoms with E-state index >= 15 is 0 Å². The van der Waals surface area contributed by atoms with Crippen molar-refractivity contribution in [3.63, 3.8) is 0 Å². The minimum absolute atomic E-state index is 0.0293. The topological polar surface area (TPSA) is 68.5 Å². The molecule has 2 aromatic heterocycles. The summed E-state index contributed by atoms with van der Waals surface area (Å²) in [6, 6.07) is 13.7. The van der Waals surface area contributed by atoms with Crippen LogP contribution in [0.3, 0.4) is 0 Å². The van der Waals surface area contributed by atoms with Crippen LogP contribution in [0, 0.1) is 6.92 Å². The van der Waals surface area contributed by atoms with Gasteiger partial charge in [-0.25, -0.2) is 0 Å². The van der Waals surface area contributed by atoms with Crippen LogP contribution in [-0.4, -0.2) is 33.7 Å². The van der Waals surface area contributed by atoms with E-state index in [-0.39, 0.29) is 5.91 Å². The van der Waals surface area contributed by atoms with Crippen LogP contribution < -0.4 is 10.1 Å². The van der Waals surface area contributed by atoms with Crippen molar-refractivity contribution in [1.29, 1.82) is 0 Å². The normalized spacial score (nSPS) is 10.8. The van der Waals surface area contributed by atoms with Crippen molar-refractivity contribution in [2.24, 2.45) is 0 Å². The molecule has 0 aliphatic heterocycles. The lowest BCUT2D eigenvalue weighted by molar-refractivity contribution is -0.121. The third-order valence-electron chi connectivity index (χ3n) is 3.86. The van der Waals surface area contributed by atoms with E-state index in [4.69, 9.17) is 4.74 Å². The Bertz CT molecular complexity index is 844. The molecule has 0 aliphatic carbocycles. The molecule has 6 heteroatoms. The summed E-state index contributed by atoms with van der Waals surface area (Å²) in [5, 5.41) is 11.2. The lowest BCUT2D eigenvalue weighted by Crippen LogP contribution is -2.26. The molecule has 0 unspecified atom stereocenters. The number of nitrogens with zero attached hydrogens (tertiary/aromatic N) is 3. The fourth-order valence-electron chi connectivity index (χ4n) is 2.59. The minimum Gasteiger partial charge on any atom is -0.494 e. The Labute approximate surface area is 146 Å². The molecule has 2 heterocycles. The number of aromatic nitrogens is 3. The van der Waals surface area contributed by atoms with Crippen molar-refractivity contribution in [2.45, 2.75) is 26.2 Å². The molecule has 0 fully saturated rings. The number of benzene rings is 1. The standard InChI is InChI=1S/C19H22N4O2/c1-15-6-4-7-16(14-15)25-13-5-9-19(24)20-11-10-18-22-21-17-8-2-3-12-23(17)18/h2-4,6-8,12,14H,5,9-11,13H2,1H3,(H,20,24). The molecule has 0 saturated carbocycles. The molecule has 0 saturated heterocycles. The maximum absolute atomic E-state index is 11.9. The molecule has 25 heavy (non-hydrogen) atoms. The van der Waals surface area contributed by atoms with Crippen molar-refractivity contribution in [2.75, 3.05) is 13.2 Å². The molecule has 1 aromatic carbocycles. The van der Waals surface area contributed by atoms with E-state index in [2.05, 4.69) is 15.5 Å². The zero-order valence-corrected chi connectivity index (χ0v) is 14.3. The number of pyridine rings is 1. The molecule has 0 aliphatic rings. The first-order valence-electron chi connectivity index (χ1n) is 8.47. The molecule has 0 radical (unpaired) electrons. The van der Waals surface area contributed by atoms with E-state index < -0.39 is 0 Å². The number of ether oxygens (including phenoxy) is 1. The largest absolute Gasteiger partial charge is 0.494 e.